The second-order valence-electron chi connectivity index (χ2n) is 9.29. The van der Waals surface area contributed by atoms with E-state index in [1.165, 1.54) is 11.3 Å². The van der Waals surface area contributed by atoms with Gasteiger partial charge in [0.15, 0.2) is 11.2 Å². The molecule has 0 spiro atoms. The average Bonchev–Trinajstić information content (AvgIpc) is 3.39. The van der Waals surface area contributed by atoms with Crippen molar-refractivity contribution in [2.45, 2.75) is 45.8 Å². The molecule has 5 rings (SSSR count). The van der Waals surface area contributed by atoms with Gasteiger partial charge in [-0.1, -0.05) is 60.1 Å². The van der Waals surface area contributed by atoms with Crippen LogP contribution in [0.25, 0.3) is 22.2 Å². The number of pyridine rings is 1. The summed E-state index contributed by atoms with van der Waals surface area (Å²) in [6.07, 6.45) is 1.22. The fourth-order valence-electron chi connectivity index (χ4n) is 4.77. The number of rotatable bonds is 8. The van der Waals surface area contributed by atoms with Crippen molar-refractivity contribution >= 4 is 55.2 Å². The van der Waals surface area contributed by atoms with Crippen LogP contribution in [0, 0.1) is 0 Å². The molecule has 2 aromatic heterocycles. The number of thiazole rings is 1. The van der Waals surface area contributed by atoms with Crippen LogP contribution >= 0.6 is 27.3 Å². The van der Waals surface area contributed by atoms with Gasteiger partial charge in [0.25, 0.3) is 5.91 Å². The Balaban J connectivity index is 1.37. The van der Waals surface area contributed by atoms with Crippen LogP contribution in [0.1, 0.15) is 48.3 Å². The summed E-state index contributed by atoms with van der Waals surface area (Å²) >= 11 is 4.77. The van der Waals surface area contributed by atoms with Crippen molar-refractivity contribution in [1.29, 1.82) is 0 Å². The normalized spacial score (nSPS) is 14.2. The highest BCUT2D eigenvalue weighted by Gasteiger charge is 2.29. The van der Waals surface area contributed by atoms with Gasteiger partial charge in [0, 0.05) is 51.6 Å². The van der Waals surface area contributed by atoms with Crippen molar-refractivity contribution < 1.29 is 14.3 Å². The summed E-state index contributed by atoms with van der Waals surface area (Å²) in [5.41, 5.74) is 4.85. The molecular formula is C29H29BrN4O3S. The molecule has 3 heterocycles. The number of nitrogens with zero attached hydrogens (tertiary/aromatic N) is 3. The molecule has 0 aliphatic carbocycles. The zero-order valence-corrected chi connectivity index (χ0v) is 23.8. The first-order chi connectivity index (χ1) is 18.5. The number of anilines is 1. The Labute approximate surface area is 234 Å². The van der Waals surface area contributed by atoms with Gasteiger partial charge >= 0.3 is 5.97 Å². The first-order valence-corrected chi connectivity index (χ1v) is 14.5. The highest BCUT2D eigenvalue weighted by Crippen LogP contribution is 2.30. The molecule has 0 fully saturated rings. The van der Waals surface area contributed by atoms with Gasteiger partial charge in [0.2, 0.25) is 0 Å². The Bertz CT molecular complexity index is 1470. The molecule has 4 aromatic rings. The summed E-state index contributed by atoms with van der Waals surface area (Å²) in [4.78, 5) is 38.6. The minimum Gasteiger partial charge on any atom is -0.449 e. The average molecular weight is 594 g/mol. The Kier molecular flexibility index (Phi) is 8.16. The lowest BCUT2D eigenvalue weighted by molar-refractivity contribution is -0.124. The molecule has 7 nitrogen and oxygen atoms in total. The van der Waals surface area contributed by atoms with E-state index in [9.17, 15) is 9.59 Å². The van der Waals surface area contributed by atoms with E-state index in [0.717, 1.165) is 63.8 Å². The number of para-hydroxylation sites is 1. The van der Waals surface area contributed by atoms with Crippen molar-refractivity contribution in [2.24, 2.45) is 0 Å². The van der Waals surface area contributed by atoms with Crippen LogP contribution < -0.4 is 5.32 Å². The van der Waals surface area contributed by atoms with Gasteiger partial charge in [0.05, 0.1) is 16.8 Å². The molecule has 38 heavy (non-hydrogen) atoms. The lowest BCUT2D eigenvalue weighted by atomic mass is 9.95. The van der Waals surface area contributed by atoms with Crippen molar-refractivity contribution in [3.8, 4) is 11.3 Å². The van der Waals surface area contributed by atoms with E-state index in [1.807, 2.05) is 60.8 Å². The topological polar surface area (TPSA) is 84.4 Å². The molecule has 0 bridgehead atoms. The van der Waals surface area contributed by atoms with E-state index < -0.39 is 18.0 Å². The zero-order valence-electron chi connectivity index (χ0n) is 21.4. The number of carbonyl (C=O) groups is 2. The number of ether oxygens (including phenoxy) is 1. The van der Waals surface area contributed by atoms with E-state index in [1.54, 1.807) is 0 Å². The highest BCUT2D eigenvalue weighted by atomic mass is 79.9. The van der Waals surface area contributed by atoms with Crippen molar-refractivity contribution in [3.63, 3.8) is 0 Å². The van der Waals surface area contributed by atoms with Gasteiger partial charge in [-0.25, -0.2) is 9.78 Å². The molecule has 0 radical (unpaired) electrons. The Morgan fingerprint density at radius 3 is 2.68 bits per heavy atom. The predicted octanol–water partition coefficient (Wildman–Crippen LogP) is 6.46. The number of hydrogen-bond donors (Lipinski definition) is 1. The Morgan fingerprint density at radius 2 is 1.92 bits per heavy atom. The van der Waals surface area contributed by atoms with Crippen LogP contribution in [-0.2, 0) is 22.5 Å². The number of carbonyl (C=O) groups excluding carboxylic acids is 2. The fourth-order valence-corrected chi connectivity index (χ4v) is 5.75. The number of hydrogen-bond acceptors (Lipinski definition) is 7. The first-order valence-electron chi connectivity index (χ1n) is 12.8. The summed E-state index contributed by atoms with van der Waals surface area (Å²) in [5.74, 6) is -0.882. The van der Waals surface area contributed by atoms with Crippen LogP contribution in [0.15, 0.2) is 58.4 Å². The third-order valence-corrected chi connectivity index (χ3v) is 7.94. The number of benzene rings is 2. The third-order valence-electron chi connectivity index (χ3n) is 6.66. The molecule has 1 amide bonds. The maximum absolute atomic E-state index is 13.7. The lowest BCUT2D eigenvalue weighted by Crippen LogP contribution is -2.35. The molecule has 1 N–H and O–H groups in total. The summed E-state index contributed by atoms with van der Waals surface area (Å²) in [7, 11) is 0. The SMILES string of the molecule is CCCN1CCc2nc3ccccc3c(C(=O)OC(CC)C(=O)Nc3nc(-c4ccc(Br)cc4)cs3)c2C1. The van der Waals surface area contributed by atoms with Crippen LogP contribution in [0.3, 0.4) is 0 Å². The lowest BCUT2D eigenvalue weighted by Gasteiger charge is -2.29. The van der Waals surface area contributed by atoms with Crippen LogP contribution in [0.5, 0.6) is 0 Å². The molecular weight excluding hydrogens is 564 g/mol. The van der Waals surface area contributed by atoms with Crippen molar-refractivity contribution in [1.82, 2.24) is 14.9 Å². The van der Waals surface area contributed by atoms with Crippen LogP contribution in [-0.4, -0.2) is 45.9 Å². The minimum atomic E-state index is -0.944. The second kappa shape index (κ2) is 11.7. The van der Waals surface area contributed by atoms with Crippen molar-refractivity contribution in [2.75, 3.05) is 18.4 Å². The third kappa shape index (κ3) is 5.65. The minimum absolute atomic E-state index is 0.343. The monoisotopic (exact) mass is 592 g/mol. The molecule has 1 atom stereocenters. The van der Waals surface area contributed by atoms with Crippen LogP contribution in [0.4, 0.5) is 5.13 Å². The number of amides is 1. The number of nitrogens with one attached hydrogen (secondary N) is 1. The zero-order chi connectivity index (χ0) is 26.6. The highest BCUT2D eigenvalue weighted by molar-refractivity contribution is 9.10. The van der Waals surface area contributed by atoms with Gasteiger partial charge in [-0.2, -0.15) is 0 Å². The number of esters is 1. The largest absolute Gasteiger partial charge is 0.449 e. The van der Waals surface area contributed by atoms with E-state index in [0.29, 0.717) is 23.7 Å². The number of halogens is 1. The summed E-state index contributed by atoms with van der Waals surface area (Å²) in [6.45, 7) is 6.49. The van der Waals surface area contributed by atoms with E-state index in [2.05, 4.69) is 38.1 Å². The number of fused-ring (bicyclic) bond motifs is 2. The summed E-state index contributed by atoms with van der Waals surface area (Å²) in [6, 6.07) is 15.5. The second-order valence-corrected chi connectivity index (χ2v) is 11.1. The molecule has 1 aliphatic rings. The van der Waals surface area contributed by atoms with E-state index in [-0.39, 0.29) is 0 Å². The molecule has 9 heteroatoms. The van der Waals surface area contributed by atoms with Gasteiger partial charge < -0.3 is 4.74 Å². The maximum atomic E-state index is 13.7. The maximum Gasteiger partial charge on any atom is 0.340 e. The molecule has 0 saturated heterocycles. The quantitative estimate of drug-likeness (QED) is 0.236. The fraction of sp³-hybridized carbons (Fsp3) is 0.310. The van der Waals surface area contributed by atoms with Gasteiger partial charge in [-0.15, -0.1) is 11.3 Å². The van der Waals surface area contributed by atoms with E-state index >= 15 is 0 Å². The summed E-state index contributed by atoms with van der Waals surface area (Å²) in [5, 5.41) is 5.94. The summed E-state index contributed by atoms with van der Waals surface area (Å²) < 4.78 is 6.85. The van der Waals surface area contributed by atoms with Crippen LogP contribution in [0.2, 0.25) is 0 Å². The van der Waals surface area contributed by atoms with Gasteiger partial charge in [-0.3, -0.25) is 20.0 Å². The standard InChI is InChI=1S/C29H29BrN4O3S/c1-3-14-34-15-13-23-21(16-34)26(20-7-5-6-8-22(20)31-23)28(36)37-25(4-2)27(35)33-29-32-24(17-38-29)18-9-11-19(30)12-10-18/h5-12,17,25H,3-4,13-16H2,1-2H3,(H,32,33,35). The molecule has 1 unspecified atom stereocenters. The van der Waals surface area contributed by atoms with E-state index in [4.69, 9.17) is 9.72 Å². The van der Waals surface area contributed by atoms with Crippen molar-refractivity contribution in [3.05, 3.63) is 75.2 Å². The van der Waals surface area contributed by atoms with Gasteiger partial charge in [0.1, 0.15) is 0 Å². The number of aromatic nitrogens is 2. The Hall–Kier alpha value is -3.14. The first kappa shape index (κ1) is 26.5. The molecule has 0 saturated carbocycles. The smallest absolute Gasteiger partial charge is 0.340 e. The predicted molar refractivity (Wildman–Crippen MR) is 154 cm³/mol. The Morgan fingerprint density at radius 1 is 1.13 bits per heavy atom. The molecule has 196 valence electrons. The molecule has 2 aromatic carbocycles. The van der Waals surface area contributed by atoms with Gasteiger partial charge in [-0.05, 0) is 37.6 Å². The molecule has 1 aliphatic heterocycles.